The predicted octanol–water partition coefficient (Wildman–Crippen LogP) is 2.71. The van der Waals surface area contributed by atoms with Crippen molar-refractivity contribution in [1.29, 1.82) is 0 Å². The molecule has 1 atom stereocenters. The van der Waals surface area contributed by atoms with E-state index >= 15 is 0 Å². The van der Waals surface area contributed by atoms with E-state index in [9.17, 15) is 0 Å². The van der Waals surface area contributed by atoms with Gasteiger partial charge >= 0.3 is 0 Å². The van der Waals surface area contributed by atoms with Crippen LogP contribution in [0.25, 0.3) is 0 Å². The van der Waals surface area contributed by atoms with Gasteiger partial charge in [-0.1, -0.05) is 30.0 Å². The van der Waals surface area contributed by atoms with E-state index in [1.165, 1.54) is 0 Å². The highest BCUT2D eigenvalue weighted by atomic mass is 32.1. The minimum absolute atomic E-state index is 0.507. The highest BCUT2D eigenvalue weighted by molar-refractivity contribution is 7.13. The third-order valence-corrected chi connectivity index (χ3v) is 4.58. The zero-order valence-electron chi connectivity index (χ0n) is 12.2. The first-order valence-corrected chi connectivity index (χ1v) is 8.13. The molecule has 3 rings (SSSR count). The number of piperazine rings is 1. The van der Waals surface area contributed by atoms with Crippen LogP contribution in [0.5, 0.6) is 0 Å². The van der Waals surface area contributed by atoms with Crippen LogP contribution in [0, 0.1) is 11.8 Å². The summed E-state index contributed by atoms with van der Waals surface area (Å²) in [5.74, 6) is 6.53. The number of hydrogen-bond donors (Lipinski definition) is 0. The van der Waals surface area contributed by atoms with E-state index < -0.39 is 0 Å². The molecule has 0 radical (unpaired) electrons. The molecule has 3 nitrogen and oxygen atoms in total. The average Bonchev–Trinajstić information content (AvgIpc) is 3.04. The normalized spacial score (nSPS) is 19.1. The maximum absolute atomic E-state index is 4.40. The maximum atomic E-state index is 4.40. The number of hydrogen-bond acceptors (Lipinski definition) is 4. The lowest BCUT2D eigenvalue weighted by Gasteiger charge is -2.38. The molecule has 4 heteroatoms. The largest absolute Gasteiger partial charge is 0.345 e. The Balaban J connectivity index is 1.55. The Bertz CT molecular complexity index is 612. The van der Waals surface area contributed by atoms with Gasteiger partial charge in [0.25, 0.3) is 0 Å². The number of rotatable bonds is 2. The second kappa shape index (κ2) is 6.75. The second-order valence-electron chi connectivity index (χ2n) is 5.25. The van der Waals surface area contributed by atoms with Crippen molar-refractivity contribution in [2.45, 2.75) is 13.0 Å². The lowest BCUT2D eigenvalue weighted by molar-refractivity contribution is 0.213. The van der Waals surface area contributed by atoms with Gasteiger partial charge in [-0.3, -0.25) is 4.90 Å². The molecule has 1 aromatic carbocycles. The molecule has 1 saturated heterocycles. The fraction of sp³-hybridized carbons (Fsp3) is 0.353. The van der Waals surface area contributed by atoms with Gasteiger partial charge in [-0.25, -0.2) is 4.98 Å². The predicted molar refractivity (Wildman–Crippen MR) is 88.7 cm³/mol. The van der Waals surface area contributed by atoms with Gasteiger partial charge < -0.3 is 4.90 Å². The number of nitrogens with zero attached hydrogens (tertiary/aromatic N) is 3. The highest BCUT2D eigenvalue weighted by Gasteiger charge is 2.23. The Morgan fingerprint density at radius 3 is 2.86 bits per heavy atom. The summed E-state index contributed by atoms with van der Waals surface area (Å²) >= 11 is 1.72. The lowest BCUT2D eigenvalue weighted by atomic mass is 10.2. The Morgan fingerprint density at radius 2 is 2.14 bits per heavy atom. The summed E-state index contributed by atoms with van der Waals surface area (Å²) in [5.41, 5.74) is 1.09. The third kappa shape index (κ3) is 3.63. The molecule has 21 heavy (non-hydrogen) atoms. The van der Waals surface area contributed by atoms with Gasteiger partial charge in [0.15, 0.2) is 5.13 Å². The molecule has 108 valence electrons. The minimum Gasteiger partial charge on any atom is -0.345 e. The first kappa shape index (κ1) is 14.1. The summed E-state index contributed by atoms with van der Waals surface area (Å²) in [7, 11) is 0. The van der Waals surface area contributed by atoms with Crippen LogP contribution < -0.4 is 4.90 Å². The quantitative estimate of drug-likeness (QED) is 0.795. The fourth-order valence-electron chi connectivity index (χ4n) is 2.54. The second-order valence-corrected chi connectivity index (χ2v) is 6.12. The van der Waals surface area contributed by atoms with Crippen molar-refractivity contribution < 1.29 is 0 Å². The van der Waals surface area contributed by atoms with Gasteiger partial charge in [0, 0.05) is 42.8 Å². The molecule has 0 saturated carbocycles. The molecule has 0 bridgehead atoms. The van der Waals surface area contributed by atoms with Crippen LogP contribution in [0.15, 0.2) is 41.9 Å². The van der Waals surface area contributed by atoms with Gasteiger partial charge in [0.1, 0.15) is 0 Å². The van der Waals surface area contributed by atoms with Crippen LogP contribution in [0.3, 0.4) is 0 Å². The summed E-state index contributed by atoms with van der Waals surface area (Å²) in [6, 6.07) is 10.7. The molecule has 0 amide bonds. The topological polar surface area (TPSA) is 19.4 Å². The standard InChI is InChI=1S/C17H19N3S/c1-15-14-20(17-18-9-13-21-17)12-11-19(15)10-5-8-16-6-3-2-4-7-16/h2-4,6-7,9,13,15H,10-12,14H2,1H3. The summed E-state index contributed by atoms with van der Waals surface area (Å²) in [6.45, 7) is 6.21. The van der Waals surface area contributed by atoms with Crippen LogP contribution in [0.2, 0.25) is 0 Å². The van der Waals surface area contributed by atoms with Crippen LogP contribution in [0.4, 0.5) is 5.13 Å². The van der Waals surface area contributed by atoms with Gasteiger partial charge in [0.2, 0.25) is 0 Å². The number of aromatic nitrogens is 1. The van der Waals surface area contributed by atoms with Gasteiger partial charge in [0.05, 0.1) is 6.54 Å². The monoisotopic (exact) mass is 297 g/mol. The number of thiazole rings is 1. The van der Waals surface area contributed by atoms with Crippen LogP contribution >= 0.6 is 11.3 Å². The van der Waals surface area contributed by atoms with Crippen LogP contribution in [-0.4, -0.2) is 42.1 Å². The molecule has 0 N–H and O–H groups in total. The fourth-order valence-corrected chi connectivity index (χ4v) is 3.22. The maximum Gasteiger partial charge on any atom is 0.185 e. The molecule has 2 aromatic rings. The Hall–Kier alpha value is -1.83. The molecule has 1 aromatic heterocycles. The Morgan fingerprint density at radius 1 is 1.29 bits per heavy atom. The molecular formula is C17H19N3S. The first-order chi connectivity index (χ1) is 10.3. The van der Waals surface area contributed by atoms with Crippen molar-refractivity contribution in [3.8, 4) is 11.8 Å². The average molecular weight is 297 g/mol. The molecule has 0 aliphatic carbocycles. The molecule has 1 fully saturated rings. The SMILES string of the molecule is CC1CN(c2nccs2)CCN1CC#Cc1ccccc1. The van der Waals surface area contributed by atoms with Crippen molar-refractivity contribution in [2.24, 2.45) is 0 Å². The third-order valence-electron chi connectivity index (χ3n) is 3.74. The Kier molecular flexibility index (Phi) is 4.54. The summed E-state index contributed by atoms with van der Waals surface area (Å²) in [5, 5.41) is 3.18. The van der Waals surface area contributed by atoms with Crippen molar-refractivity contribution >= 4 is 16.5 Å². The van der Waals surface area contributed by atoms with E-state index in [1.807, 2.05) is 29.8 Å². The van der Waals surface area contributed by atoms with E-state index in [2.05, 4.69) is 45.7 Å². The lowest BCUT2D eigenvalue weighted by Crippen LogP contribution is -2.52. The van der Waals surface area contributed by atoms with Crippen LogP contribution in [-0.2, 0) is 0 Å². The van der Waals surface area contributed by atoms with Crippen molar-refractivity contribution in [3.05, 3.63) is 47.5 Å². The van der Waals surface area contributed by atoms with E-state index in [1.54, 1.807) is 11.3 Å². The number of anilines is 1. The molecule has 1 aliphatic heterocycles. The van der Waals surface area contributed by atoms with Gasteiger partial charge in [-0.15, -0.1) is 11.3 Å². The summed E-state index contributed by atoms with van der Waals surface area (Å²) in [6.07, 6.45) is 1.88. The Labute approximate surface area is 130 Å². The molecular weight excluding hydrogens is 278 g/mol. The zero-order chi connectivity index (χ0) is 14.5. The van der Waals surface area contributed by atoms with E-state index in [0.717, 1.165) is 36.9 Å². The molecule has 1 unspecified atom stereocenters. The van der Waals surface area contributed by atoms with E-state index in [-0.39, 0.29) is 0 Å². The molecule has 2 heterocycles. The number of benzene rings is 1. The van der Waals surface area contributed by atoms with Crippen molar-refractivity contribution in [2.75, 3.05) is 31.1 Å². The highest BCUT2D eigenvalue weighted by Crippen LogP contribution is 2.20. The van der Waals surface area contributed by atoms with Crippen molar-refractivity contribution in [3.63, 3.8) is 0 Å². The smallest absolute Gasteiger partial charge is 0.185 e. The van der Waals surface area contributed by atoms with E-state index in [0.29, 0.717) is 6.04 Å². The van der Waals surface area contributed by atoms with Crippen LogP contribution in [0.1, 0.15) is 12.5 Å². The van der Waals surface area contributed by atoms with E-state index in [4.69, 9.17) is 0 Å². The van der Waals surface area contributed by atoms with Crippen molar-refractivity contribution in [1.82, 2.24) is 9.88 Å². The minimum atomic E-state index is 0.507. The first-order valence-electron chi connectivity index (χ1n) is 7.25. The molecule has 0 spiro atoms. The summed E-state index contributed by atoms with van der Waals surface area (Å²) in [4.78, 5) is 9.22. The molecule has 1 aliphatic rings. The van der Waals surface area contributed by atoms with Gasteiger partial charge in [-0.05, 0) is 19.1 Å². The van der Waals surface area contributed by atoms with Gasteiger partial charge in [-0.2, -0.15) is 0 Å². The summed E-state index contributed by atoms with van der Waals surface area (Å²) < 4.78 is 0. The zero-order valence-corrected chi connectivity index (χ0v) is 13.0.